The number of nitrogens with one attached hydrogen (secondary N) is 1. The van der Waals surface area contributed by atoms with Crippen LogP contribution >= 0.6 is 0 Å². The summed E-state index contributed by atoms with van der Waals surface area (Å²) in [6.45, 7) is 6.65. The van der Waals surface area contributed by atoms with Crippen molar-refractivity contribution in [2.24, 2.45) is 5.14 Å². The second kappa shape index (κ2) is 10.7. The Bertz CT molecular complexity index is 578. The molecule has 1 unspecified atom stereocenters. The number of nitrogens with zero attached hydrogens (tertiary/aromatic N) is 1. The third-order valence-corrected chi connectivity index (χ3v) is 4.51. The normalized spacial score (nSPS) is 13.2. The molecule has 24 heavy (non-hydrogen) atoms. The highest BCUT2D eigenvalue weighted by atomic mass is 32.2. The van der Waals surface area contributed by atoms with Gasteiger partial charge in [-0.3, -0.25) is 4.72 Å². The van der Waals surface area contributed by atoms with Crippen molar-refractivity contribution >= 4 is 15.9 Å². The van der Waals surface area contributed by atoms with Gasteiger partial charge in [0.1, 0.15) is 0 Å². The highest BCUT2D eigenvalue weighted by Crippen LogP contribution is 2.19. The molecule has 4 N–H and O–H groups in total. The molecule has 0 heterocycles. The maximum Gasteiger partial charge on any atom is 0.296 e. The van der Waals surface area contributed by atoms with E-state index in [1.807, 2.05) is 0 Å². The van der Waals surface area contributed by atoms with E-state index in [4.69, 9.17) is 5.14 Å². The van der Waals surface area contributed by atoms with Gasteiger partial charge in [-0.1, -0.05) is 51.7 Å². The third-order valence-electron chi connectivity index (χ3n) is 3.99. The van der Waals surface area contributed by atoms with E-state index in [1.165, 1.54) is 25.7 Å². The van der Waals surface area contributed by atoms with Crippen molar-refractivity contribution in [2.75, 3.05) is 24.4 Å². The van der Waals surface area contributed by atoms with E-state index in [0.29, 0.717) is 17.8 Å². The Hall–Kier alpha value is -1.15. The summed E-state index contributed by atoms with van der Waals surface area (Å²) in [5, 5.41) is 15.4. The summed E-state index contributed by atoms with van der Waals surface area (Å²) >= 11 is 0. The Balaban J connectivity index is 2.55. The molecule has 1 aromatic rings. The van der Waals surface area contributed by atoms with Gasteiger partial charge >= 0.3 is 0 Å². The molecule has 0 saturated carbocycles. The van der Waals surface area contributed by atoms with E-state index in [9.17, 15) is 13.5 Å². The van der Waals surface area contributed by atoms with Gasteiger partial charge in [0.25, 0.3) is 10.2 Å². The van der Waals surface area contributed by atoms with Gasteiger partial charge in [0.05, 0.1) is 11.8 Å². The Labute approximate surface area is 146 Å². The first-order valence-electron chi connectivity index (χ1n) is 8.66. The molecule has 0 bridgehead atoms. The molecule has 0 fully saturated rings. The van der Waals surface area contributed by atoms with Crippen LogP contribution in [0.2, 0.25) is 0 Å². The molecule has 1 atom stereocenters. The summed E-state index contributed by atoms with van der Waals surface area (Å²) in [5.74, 6) is 0. The fraction of sp³-hybridized carbons (Fsp3) is 0.647. The van der Waals surface area contributed by atoms with Gasteiger partial charge in [-0.25, -0.2) is 5.14 Å². The van der Waals surface area contributed by atoms with Crippen molar-refractivity contribution in [3.63, 3.8) is 0 Å². The van der Waals surface area contributed by atoms with E-state index in [0.717, 1.165) is 19.5 Å². The SMILES string of the molecule is CCCCCCCN(CC)CC(O)c1cccc(NS(N)(=O)=O)c1. The summed E-state index contributed by atoms with van der Waals surface area (Å²) in [5.41, 5.74) is 1.03. The van der Waals surface area contributed by atoms with Crippen LogP contribution in [0.5, 0.6) is 0 Å². The molecular weight excluding hydrogens is 326 g/mol. The van der Waals surface area contributed by atoms with Crippen LogP contribution in [0.1, 0.15) is 57.6 Å². The topological polar surface area (TPSA) is 95.7 Å². The maximum absolute atomic E-state index is 11.1. The van der Waals surface area contributed by atoms with Crippen molar-refractivity contribution in [1.82, 2.24) is 4.90 Å². The van der Waals surface area contributed by atoms with Crippen LogP contribution in [0.25, 0.3) is 0 Å². The Morgan fingerprint density at radius 3 is 2.54 bits per heavy atom. The van der Waals surface area contributed by atoms with E-state index >= 15 is 0 Å². The smallest absolute Gasteiger partial charge is 0.296 e. The van der Waals surface area contributed by atoms with Crippen molar-refractivity contribution in [1.29, 1.82) is 0 Å². The van der Waals surface area contributed by atoms with Crippen LogP contribution < -0.4 is 9.86 Å². The minimum atomic E-state index is -3.81. The largest absolute Gasteiger partial charge is 0.387 e. The van der Waals surface area contributed by atoms with Gasteiger partial charge in [0.2, 0.25) is 0 Å². The van der Waals surface area contributed by atoms with Crippen molar-refractivity contribution < 1.29 is 13.5 Å². The Morgan fingerprint density at radius 2 is 1.92 bits per heavy atom. The number of aliphatic hydroxyl groups is 1. The first-order chi connectivity index (χ1) is 11.4. The number of likely N-dealkylation sites (N-methyl/N-ethyl adjacent to an activating group) is 1. The summed E-state index contributed by atoms with van der Waals surface area (Å²) in [7, 11) is -3.81. The summed E-state index contributed by atoms with van der Waals surface area (Å²) in [4.78, 5) is 2.22. The summed E-state index contributed by atoms with van der Waals surface area (Å²) in [6, 6.07) is 6.71. The van der Waals surface area contributed by atoms with Crippen LogP contribution in [0.3, 0.4) is 0 Å². The van der Waals surface area contributed by atoms with Gasteiger partial charge in [-0.05, 0) is 37.2 Å². The summed E-state index contributed by atoms with van der Waals surface area (Å²) in [6.07, 6.45) is 5.46. The lowest BCUT2D eigenvalue weighted by Crippen LogP contribution is -2.29. The molecule has 0 aromatic heterocycles. The van der Waals surface area contributed by atoms with E-state index in [-0.39, 0.29) is 0 Å². The first-order valence-corrected chi connectivity index (χ1v) is 10.2. The third kappa shape index (κ3) is 8.63. The van der Waals surface area contributed by atoms with Crippen molar-refractivity contribution in [2.45, 2.75) is 52.1 Å². The molecule has 0 radical (unpaired) electrons. The minimum Gasteiger partial charge on any atom is -0.387 e. The maximum atomic E-state index is 11.1. The van der Waals surface area contributed by atoms with Gasteiger partial charge < -0.3 is 10.0 Å². The lowest BCUT2D eigenvalue weighted by molar-refractivity contribution is 0.115. The molecule has 0 aliphatic carbocycles. The average molecular weight is 358 g/mol. The lowest BCUT2D eigenvalue weighted by Gasteiger charge is -2.24. The fourth-order valence-corrected chi connectivity index (χ4v) is 3.10. The second-order valence-electron chi connectivity index (χ2n) is 6.10. The van der Waals surface area contributed by atoms with E-state index < -0.39 is 16.3 Å². The van der Waals surface area contributed by atoms with Crippen molar-refractivity contribution in [3.8, 4) is 0 Å². The predicted octanol–water partition coefficient (Wildman–Crippen LogP) is 2.63. The minimum absolute atomic E-state index is 0.358. The zero-order valence-electron chi connectivity index (χ0n) is 14.7. The number of hydrogen-bond donors (Lipinski definition) is 3. The number of nitrogens with two attached hydrogens (primary N) is 1. The quantitative estimate of drug-likeness (QED) is 0.501. The van der Waals surface area contributed by atoms with Crippen LogP contribution in [-0.4, -0.2) is 38.1 Å². The Morgan fingerprint density at radius 1 is 1.21 bits per heavy atom. The number of hydrogen-bond acceptors (Lipinski definition) is 4. The number of anilines is 1. The molecule has 0 aliphatic rings. The van der Waals surface area contributed by atoms with Gasteiger partial charge in [0, 0.05) is 6.54 Å². The van der Waals surface area contributed by atoms with Crippen molar-refractivity contribution in [3.05, 3.63) is 29.8 Å². The van der Waals surface area contributed by atoms with E-state index in [2.05, 4.69) is 23.5 Å². The monoisotopic (exact) mass is 357 g/mol. The number of benzene rings is 1. The molecule has 1 aromatic carbocycles. The van der Waals surface area contributed by atoms with Crippen LogP contribution in [0, 0.1) is 0 Å². The molecule has 0 amide bonds. The second-order valence-corrected chi connectivity index (χ2v) is 7.39. The highest BCUT2D eigenvalue weighted by molar-refractivity contribution is 7.90. The molecular formula is C17H31N3O3S. The zero-order chi connectivity index (χ0) is 18.0. The highest BCUT2D eigenvalue weighted by Gasteiger charge is 2.13. The average Bonchev–Trinajstić information content (AvgIpc) is 2.52. The molecule has 0 spiro atoms. The fourth-order valence-electron chi connectivity index (χ4n) is 2.64. The molecule has 6 nitrogen and oxygen atoms in total. The standard InChI is InChI=1S/C17H31N3O3S/c1-3-5-6-7-8-12-20(4-2)14-17(21)15-10-9-11-16(13-15)19-24(18,22)23/h9-11,13,17,19,21H,3-8,12,14H2,1-2H3,(H2,18,22,23). The van der Waals surface area contributed by atoms with Crippen LogP contribution in [0.15, 0.2) is 24.3 Å². The molecule has 7 heteroatoms. The molecule has 138 valence electrons. The predicted molar refractivity (Wildman–Crippen MR) is 99.0 cm³/mol. The Kier molecular flexibility index (Phi) is 9.28. The van der Waals surface area contributed by atoms with Crippen LogP contribution in [0.4, 0.5) is 5.69 Å². The van der Waals surface area contributed by atoms with E-state index in [1.54, 1.807) is 24.3 Å². The molecule has 1 rings (SSSR count). The lowest BCUT2D eigenvalue weighted by atomic mass is 10.1. The molecule has 0 saturated heterocycles. The number of rotatable bonds is 12. The van der Waals surface area contributed by atoms with Gasteiger partial charge in [-0.15, -0.1) is 0 Å². The number of unbranched alkanes of at least 4 members (excludes halogenated alkanes) is 4. The van der Waals surface area contributed by atoms with Gasteiger partial charge in [-0.2, -0.15) is 8.42 Å². The van der Waals surface area contributed by atoms with Gasteiger partial charge in [0.15, 0.2) is 0 Å². The summed E-state index contributed by atoms with van der Waals surface area (Å²) < 4.78 is 24.4. The number of aliphatic hydroxyl groups excluding tert-OH is 1. The molecule has 0 aliphatic heterocycles. The van der Waals surface area contributed by atoms with Crippen LogP contribution in [-0.2, 0) is 10.2 Å². The zero-order valence-corrected chi connectivity index (χ0v) is 15.6. The first kappa shape index (κ1) is 20.9.